The first kappa shape index (κ1) is 54.7. The molecule has 0 spiro atoms. The van der Waals surface area contributed by atoms with Crippen LogP contribution in [0.4, 0.5) is 13.2 Å². The molecule has 2 unspecified atom stereocenters. The second-order valence-electron chi connectivity index (χ2n) is 12.3. The van der Waals surface area contributed by atoms with Crippen LogP contribution in [-0.4, -0.2) is 84.2 Å². The minimum Gasteiger partial charge on any atom is -0.369 e. The first-order valence-corrected chi connectivity index (χ1v) is 19.1. The molecule has 2 N–H and O–H groups in total. The van der Waals surface area contributed by atoms with Gasteiger partial charge in [0.2, 0.25) is 11.8 Å². The topological polar surface area (TPSA) is 82.2 Å². The number of likely N-dealkylation sites (tertiary alicyclic amines) is 1. The summed E-state index contributed by atoms with van der Waals surface area (Å²) < 4.78 is 40.2. The Balaban J connectivity index is -0.000000449. The summed E-state index contributed by atoms with van der Waals surface area (Å²) in [6, 6.07) is 0.291. The van der Waals surface area contributed by atoms with Crippen molar-refractivity contribution in [2.75, 3.05) is 33.2 Å². The number of aliphatic imine (C=N–C) groups is 1. The summed E-state index contributed by atoms with van der Waals surface area (Å²) in [7, 11) is 1.58. The van der Waals surface area contributed by atoms with Gasteiger partial charge in [0.15, 0.2) is 0 Å². The average molecular weight is 728 g/mol. The van der Waals surface area contributed by atoms with Crippen LogP contribution in [0.2, 0.25) is 0 Å². The monoisotopic (exact) mass is 728 g/mol. The first-order valence-electron chi connectivity index (χ1n) is 19.1. The summed E-state index contributed by atoms with van der Waals surface area (Å²) in [5.41, 5.74) is 5.85. The number of halogens is 3. The molecule has 0 aromatic carbocycles. The lowest BCUT2D eigenvalue weighted by Gasteiger charge is -2.43. The number of hydrogen-bond acceptors (Lipinski definition) is 5. The van der Waals surface area contributed by atoms with Gasteiger partial charge >= 0.3 is 6.18 Å². The lowest BCUT2D eigenvalue weighted by atomic mass is 9.92. The van der Waals surface area contributed by atoms with Crippen LogP contribution >= 0.6 is 0 Å². The highest BCUT2D eigenvalue weighted by Crippen LogP contribution is 2.30. The van der Waals surface area contributed by atoms with Crippen molar-refractivity contribution in [1.82, 2.24) is 14.7 Å². The van der Waals surface area contributed by atoms with Gasteiger partial charge in [0.1, 0.15) is 5.82 Å². The number of allylic oxidation sites excluding steroid dienone is 5. The second-order valence-corrected chi connectivity index (χ2v) is 12.3. The number of rotatable bonds is 12. The number of alkyl halides is 3. The Labute approximate surface area is 312 Å². The number of carbonyl (C=O) groups is 2. The fourth-order valence-electron chi connectivity index (χ4n) is 5.28. The standard InChI is InChI=1S/C21H36F3N5O2.C9H14.C4H10.C3H8.C2H6.C2H2/c1-6-17(29(7-2)18-9-12-28(13-10-18)16(4)30)14-27(5)20(15(3)21(22,23)24)26-11-8-19(25)31;1-3-9-7-5-4-6-8(9)2;1-3-4-2;1-3-2;2*1-2/h11,17-18H,6-10,12-14H2,1-5H3,(H2,25,31);4-5,7-8H,3,6H2,1-2H3;3-4H2,1-2H3;3H2,1-2H3;1-2H3;1-2H/b20-15-,26-11-;;;;;. The lowest BCUT2D eigenvalue weighted by Crippen LogP contribution is -2.52. The summed E-state index contributed by atoms with van der Waals surface area (Å²) in [4.78, 5) is 32.1. The molecule has 10 heteroatoms. The summed E-state index contributed by atoms with van der Waals surface area (Å²) in [6.45, 7) is 26.2. The quantitative estimate of drug-likeness (QED) is 0.160. The zero-order valence-corrected chi connectivity index (χ0v) is 34.7. The minimum atomic E-state index is -4.53. The van der Waals surface area contributed by atoms with Crippen LogP contribution < -0.4 is 5.73 Å². The third-order valence-corrected chi connectivity index (χ3v) is 8.27. The van der Waals surface area contributed by atoms with Crippen molar-refractivity contribution < 1.29 is 22.8 Å². The molecule has 1 saturated heterocycles. The molecule has 7 nitrogen and oxygen atoms in total. The van der Waals surface area contributed by atoms with Crippen molar-refractivity contribution in [2.24, 2.45) is 16.6 Å². The number of terminal acetylenes is 1. The van der Waals surface area contributed by atoms with Crippen LogP contribution in [0.15, 0.2) is 40.2 Å². The maximum absolute atomic E-state index is 13.4. The van der Waals surface area contributed by atoms with Crippen LogP contribution in [0.5, 0.6) is 0 Å². The highest BCUT2D eigenvalue weighted by atomic mass is 19.4. The molecule has 298 valence electrons. The molecule has 1 aliphatic heterocycles. The third kappa shape index (κ3) is 25.5. The fraction of sp³-hybridized carbons (Fsp3) is 0.732. The van der Waals surface area contributed by atoms with Gasteiger partial charge in [0.25, 0.3) is 0 Å². The SMILES string of the molecule is C#C.CC.CCC.CCC(CN(C)C(/N=C\CC(N)=O)=C(/C)C(F)(F)F)N(CC)C1CCN(C(C)=O)CC1.CCC1=CC=CCC1C.CCCC. The van der Waals surface area contributed by atoms with Crippen molar-refractivity contribution in [3.63, 3.8) is 0 Å². The van der Waals surface area contributed by atoms with Crippen molar-refractivity contribution in [2.45, 2.75) is 159 Å². The first-order chi connectivity index (χ1) is 24.1. The van der Waals surface area contributed by atoms with E-state index in [1.807, 2.05) is 32.6 Å². The number of likely N-dealkylation sites (N-methyl/N-ethyl adjacent to an activating group) is 2. The van der Waals surface area contributed by atoms with E-state index >= 15 is 0 Å². The molecule has 2 aliphatic rings. The van der Waals surface area contributed by atoms with E-state index in [0.29, 0.717) is 19.6 Å². The van der Waals surface area contributed by atoms with E-state index in [1.165, 1.54) is 37.0 Å². The van der Waals surface area contributed by atoms with Gasteiger partial charge in [-0.3, -0.25) is 14.5 Å². The van der Waals surface area contributed by atoms with Gasteiger partial charge in [-0.25, -0.2) is 4.99 Å². The molecule has 0 radical (unpaired) electrons. The smallest absolute Gasteiger partial charge is 0.369 e. The maximum Gasteiger partial charge on any atom is 0.415 e. The van der Waals surface area contributed by atoms with Crippen molar-refractivity contribution in [1.29, 1.82) is 0 Å². The van der Waals surface area contributed by atoms with Gasteiger partial charge in [-0.2, -0.15) is 13.2 Å². The molecule has 0 aromatic heterocycles. The summed E-state index contributed by atoms with van der Waals surface area (Å²) in [5, 5.41) is 0. The molecule has 1 aliphatic carbocycles. The number of carbonyl (C=O) groups excluding carboxylic acids is 2. The average Bonchev–Trinajstić information content (AvgIpc) is 3.12. The number of piperidine rings is 1. The minimum absolute atomic E-state index is 0.0197. The molecular formula is C41H76F3N5O2. The molecule has 2 amide bonds. The Hall–Kier alpha value is -3.06. The fourth-order valence-corrected chi connectivity index (χ4v) is 5.28. The van der Waals surface area contributed by atoms with E-state index in [-0.39, 0.29) is 30.2 Å². The maximum atomic E-state index is 13.4. The summed E-state index contributed by atoms with van der Waals surface area (Å²) in [5.74, 6) is -0.00920. The summed E-state index contributed by atoms with van der Waals surface area (Å²) in [6.07, 6.45) is 19.8. The van der Waals surface area contributed by atoms with Crippen molar-refractivity contribution in [3.05, 3.63) is 35.2 Å². The van der Waals surface area contributed by atoms with E-state index in [4.69, 9.17) is 5.73 Å². The van der Waals surface area contributed by atoms with Crippen LogP contribution in [0.3, 0.4) is 0 Å². The molecule has 2 atom stereocenters. The van der Waals surface area contributed by atoms with Gasteiger partial charge in [0, 0.05) is 51.9 Å². The van der Waals surface area contributed by atoms with Gasteiger partial charge in [-0.1, -0.05) is 112 Å². The Morgan fingerprint density at radius 1 is 1.04 bits per heavy atom. The number of nitrogens with zero attached hydrogens (tertiary/aromatic N) is 4. The molecule has 1 fully saturated rings. The van der Waals surface area contributed by atoms with Crippen LogP contribution in [-0.2, 0) is 9.59 Å². The molecular weight excluding hydrogens is 651 g/mol. The third-order valence-electron chi connectivity index (χ3n) is 8.27. The molecule has 0 bridgehead atoms. The largest absolute Gasteiger partial charge is 0.415 e. The normalized spacial score (nSPS) is 16.5. The van der Waals surface area contributed by atoms with Crippen molar-refractivity contribution in [3.8, 4) is 12.8 Å². The Morgan fingerprint density at radius 3 is 1.88 bits per heavy atom. The van der Waals surface area contributed by atoms with Crippen LogP contribution in [0.1, 0.15) is 141 Å². The zero-order chi connectivity index (χ0) is 40.6. The molecule has 0 aromatic rings. The highest BCUT2D eigenvalue weighted by Gasteiger charge is 2.35. The molecule has 0 saturated carbocycles. The lowest BCUT2D eigenvalue weighted by molar-refractivity contribution is -0.130. The number of hydrogen-bond donors (Lipinski definition) is 1. The molecule has 51 heavy (non-hydrogen) atoms. The predicted molar refractivity (Wildman–Crippen MR) is 215 cm³/mol. The van der Waals surface area contributed by atoms with E-state index < -0.39 is 17.7 Å². The van der Waals surface area contributed by atoms with E-state index in [2.05, 4.69) is 82.5 Å². The van der Waals surface area contributed by atoms with Crippen LogP contribution in [0, 0.1) is 18.8 Å². The Kier molecular flexibility index (Phi) is 36.5. The number of amides is 2. The number of primary amides is 1. The van der Waals surface area contributed by atoms with Gasteiger partial charge in [0.05, 0.1) is 12.0 Å². The Morgan fingerprint density at radius 2 is 1.55 bits per heavy atom. The van der Waals surface area contributed by atoms with E-state index in [1.54, 1.807) is 19.5 Å². The summed E-state index contributed by atoms with van der Waals surface area (Å²) >= 11 is 0. The van der Waals surface area contributed by atoms with E-state index in [0.717, 1.165) is 44.9 Å². The van der Waals surface area contributed by atoms with Crippen molar-refractivity contribution >= 4 is 18.0 Å². The zero-order valence-electron chi connectivity index (χ0n) is 34.7. The van der Waals surface area contributed by atoms with Gasteiger partial charge in [-0.15, -0.1) is 12.8 Å². The second kappa shape index (κ2) is 34.0. The van der Waals surface area contributed by atoms with E-state index in [9.17, 15) is 22.8 Å². The molecule has 1 heterocycles. The Bertz CT molecular complexity index is 1020. The molecule has 2 rings (SSSR count). The van der Waals surface area contributed by atoms with Crippen LogP contribution in [0.25, 0.3) is 0 Å². The number of unbranched alkanes of at least 4 members (excludes halogenated alkanes) is 1. The van der Waals surface area contributed by atoms with Gasteiger partial charge < -0.3 is 15.5 Å². The number of nitrogens with two attached hydrogens (primary N) is 1. The predicted octanol–water partition coefficient (Wildman–Crippen LogP) is 10.2. The highest BCUT2D eigenvalue weighted by molar-refractivity contribution is 5.88. The van der Waals surface area contributed by atoms with Gasteiger partial charge in [-0.05, 0) is 51.5 Å².